The van der Waals surface area contributed by atoms with E-state index in [1.807, 2.05) is 0 Å². The van der Waals surface area contributed by atoms with E-state index in [0.717, 1.165) is 6.07 Å². The molecule has 1 aromatic rings. The van der Waals surface area contributed by atoms with Gasteiger partial charge in [-0.2, -0.15) is 0 Å². The third-order valence-electron chi connectivity index (χ3n) is 1.76. The Labute approximate surface area is 129 Å². The van der Waals surface area contributed by atoms with Crippen LogP contribution in [0.4, 0.5) is 5.69 Å². The van der Waals surface area contributed by atoms with Gasteiger partial charge in [-0.15, -0.1) is 0 Å². The van der Waals surface area contributed by atoms with E-state index >= 15 is 0 Å². The van der Waals surface area contributed by atoms with Crippen LogP contribution < -0.4 is 0 Å². The summed E-state index contributed by atoms with van der Waals surface area (Å²) in [5.41, 5.74) is -0.480. The number of hydrogen-bond acceptors (Lipinski definition) is 4. The Morgan fingerprint density at radius 2 is 1.88 bits per heavy atom. The normalized spacial score (nSPS) is 11.3. The molecule has 1 aromatic carbocycles. The summed E-state index contributed by atoms with van der Waals surface area (Å²) in [5, 5.41) is 20.1. The first kappa shape index (κ1) is 15.1. The van der Waals surface area contributed by atoms with Crippen LogP contribution in [0.25, 0.3) is 0 Å². The summed E-state index contributed by atoms with van der Waals surface area (Å²) in [6, 6.07) is 2.30. The van der Waals surface area contributed by atoms with Crippen LogP contribution in [0, 0.1) is 10.1 Å². The zero-order valence-electron chi connectivity index (χ0n) is 7.79. The zero-order chi connectivity index (χ0) is 13.4. The highest BCUT2D eigenvalue weighted by Crippen LogP contribution is 2.40. The molecule has 0 radical (unpaired) electrons. The maximum absolute atomic E-state index is 11.8. The van der Waals surface area contributed by atoms with Crippen molar-refractivity contribution >= 4 is 75.2 Å². The molecule has 0 saturated carbocycles. The summed E-state index contributed by atoms with van der Waals surface area (Å²) >= 11 is 12.0. The van der Waals surface area contributed by atoms with Gasteiger partial charge in [0.15, 0.2) is 2.14 Å². The van der Waals surface area contributed by atoms with Crippen molar-refractivity contribution in [1.29, 1.82) is 0 Å². The third-order valence-corrected chi connectivity index (χ3v) is 3.44. The van der Waals surface area contributed by atoms with Gasteiger partial charge < -0.3 is 5.11 Å². The van der Waals surface area contributed by atoms with E-state index in [4.69, 9.17) is 0 Å². The molecule has 0 aromatic heterocycles. The molecule has 17 heavy (non-hydrogen) atoms. The number of hydrogen-bond donors (Lipinski definition) is 1. The molecule has 0 amide bonds. The second-order valence-corrected chi connectivity index (χ2v) is 10.5. The van der Waals surface area contributed by atoms with Crippen molar-refractivity contribution in [1.82, 2.24) is 0 Å². The Morgan fingerprint density at radius 3 is 2.29 bits per heavy atom. The van der Waals surface area contributed by atoms with Gasteiger partial charge in [0.2, 0.25) is 11.5 Å². The van der Waals surface area contributed by atoms with Crippen molar-refractivity contribution in [3.63, 3.8) is 0 Å². The highest BCUT2D eigenvalue weighted by Gasteiger charge is 2.32. The summed E-state index contributed by atoms with van der Waals surface area (Å²) in [4.78, 5) is 21.7. The summed E-state index contributed by atoms with van der Waals surface area (Å²) in [6.07, 6.45) is 0. The molecule has 92 valence electrons. The second-order valence-electron chi connectivity index (χ2n) is 2.91. The molecule has 0 unspecified atom stereocenters. The Kier molecular flexibility index (Phi) is 4.73. The monoisotopic (exact) mass is 493 g/mol. The maximum atomic E-state index is 11.8. The van der Waals surface area contributed by atoms with E-state index in [0.29, 0.717) is 0 Å². The van der Waals surface area contributed by atoms with Gasteiger partial charge in [0.25, 0.3) is 0 Å². The number of phenolic OH excluding ortho intramolecular Hbond substituents is 1. The summed E-state index contributed by atoms with van der Waals surface area (Å²) in [7, 11) is 0. The van der Waals surface area contributed by atoms with E-state index < -0.39 is 24.3 Å². The molecule has 0 saturated heterocycles. The number of carbonyl (C=O) groups excluding carboxylic acids is 1. The highest BCUT2D eigenvalue weighted by molar-refractivity contribution is 9.40. The number of alkyl halides is 3. The second kappa shape index (κ2) is 5.33. The average Bonchev–Trinajstić information content (AvgIpc) is 2.19. The summed E-state index contributed by atoms with van der Waals surface area (Å²) < 4.78 is -1.12. The lowest BCUT2D eigenvalue weighted by Crippen LogP contribution is -2.17. The van der Waals surface area contributed by atoms with Gasteiger partial charge in [-0.05, 0) is 22.0 Å². The molecule has 9 heteroatoms. The Hall–Kier alpha value is 0.01000. The lowest BCUT2D eigenvalue weighted by molar-refractivity contribution is -0.386. The number of aromatic hydroxyl groups is 1. The number of phenols is 1. The van der Waals surface area contributed by atoms with E-state index in [1.165, 1.54) is 6.07 Å². The van der Waals surface area contributed by atoms with Crippen molar-refractivity contribution < 1.29 is 14.8 Å². The fraction of sp³-hybridized carbons (Fsp3) is 0.125. The number of rotatable bonds is 2. The fourth-order valence-corrected chi connectivity index (χ4v) is 2.15. The SMILES string of the molecule is O=C(c1cc(Br)c(O)c([N+](=O)[O-])c1)C(Br)(Br)Br. The first-order valence-electron chi connectivity index (χ1n) is 3.93. The molecular weight excluding hydrogens is 494 g/mol. The van der Waals surface area contributed by atoms with Gasteiger partial charge in [-0.1, -0.05) is 47.8 Å². The third kappa shape index (κ3) is 3.49. The fourth-order valence-electron chi connectivity index (χ4n) is 1.02. The largest absolute Gasteiger partial charge is 0.501 e. The summed E-state index contributed by atoms with van der Waals surface area (Å²) in [5.74, 6) is -0.989. The molecule has 0 atom stereocenters. The van der Waals surface area contributed by atoms with E-state index in [1.54, 1.807) is 0 Å². The molecule has 0 fully saturated rings. The minimum Gasteiger partial charge on any atom is -0.501 e. The number of nitro benzene ring substituents is 1. The molecule has 5 nitrogen and oxygen atoms in total. The molecular formula is C8H3Br4NO4. The Balaban J connectivity index is 3.39. The predicted molar refractivity (Wildman–Crippen MR) is 76.3 cm³/mol. The van der Waals surface area contributed by atoms with Crippen molar-refractivity contribution in [2.24, 2.45) is 0 Å². The molecule has 1 N–H and O–H groups in total. The number of nitro groups is 1. The van der Waals surface area contributed by atoms with Gasteiger partial charge in [0.1, 0.15) is 0 Å². The van der Waals surface area contributed by atoms with Crippen molar-refractivity contribution in [3.05, 3.63) is 32.3 Å². The molecule has 0 spiro atoms. The van der Waals surface area contributed by atoms with Gasteiger partial charge in [-0.3, -0.25) is 14.9 Å². The lowest BCUT2D eigenvalue weighted by Gasteiger charge is -2.11. The highest BCUT2D eigenvalue weighted by atomic mass is 80.0. The van der Waals surface area contributed by atoms with Crippen LogP contribution in [0.15, 0.2) is 16.6 Å². The number of halogens is 4. The average molecular weight is 497 g/mol. The molecule has 1 rings (SSSR count). The van der Waals surface area contributed by atoms with Crippen molar-refractivity contribution in [2.75, 3.05) is 0 Å². The molecule has 0 aliphatic heterocycles. The van der Waals surface area contributed by atoms with Crippen LogP contribution in [0.1, 0.15) is 10.4 Å². The van der Waals surface area contributed by atoms with E-state index in [9.17, 15) is 20.0 Å². The van der Waals surface area contributed by atoms with Crippen LogP contribution in [-0.2, 0) is 0 Å². The van der Waals surface area contributed by atoms with Gasteiger partial charge in [0, 0.05) is 11.6 Å². The number of ketones is 1. The first-order chi connectivity index (χ1) is 7.64. The number of Topliss-reactive ketones (excluding diaryl/α,β-unsaturated/α-hetero) is 1. The maximum Gasteiger partial charge on any atom is 0.312 e. The molecule has 0 heterocycles. The van der Waals surface area contributed by atoms with Crippen LogP contribution >= 0.6 is 63.7 Å². The van der Waals surface area contributed by atoms with Crippen LogP contribution in [0.3, 0.4) is 0 Å². The minimum atomic E-state index is -1.20. The molecule has 0 bridgehead atoms. The van der Waals surface area contributed by atoms with Gasteiger partial charge >= 0.3 is 5.69 Å². The van der Waals surface area contributed by atoms with Crippen LogP contribution in [-0.4, -0.2) is 18.0 Å². The summed E-state index contributed by atoms with van der Waals surface area (Å²) in [6.45, 7) is 0. The van der Waals surface area contributed by atoms with Gasteiger partial charge in [-0.25, -0.2) is 0 Å². The Bertz CT molecular complexity index is 497. The standard InChI is InChI=1S/C8H3Br4NO4/c9-4-1-3(7(15)8(10,11)12)2-5(6(4)14)13(16)17/h1-2,14H. The topological polar surface area (TPSA) is 80.4 Å². The van der Waals surface area contributed by atoms with Crippen LogP contribution in [0.5, 0.6) is 5.75 Å². The molecule has 0 aliphatic rings. The van der Waals surface area contributed by atoms with Crippen molar-refractivity contribution in [3.8, 4) is 5.75 Å². The number of carbonyl (C=O) groups is 1. The minimum absolute atomic E-state index is 0.0620. The first-order valence-corrected chi connectivity index (χ1v) is 7.10. The van der Waals surface area contributed by atoms with Crippen LogP contribution in [0.2, 0.25) is 0 Å². The Morgan fingerprint density at radius 1 is 1.35 bits per heavy atom. The molecule has 0 aliphatic carbocycles. The van der Waals surface area contributed by atoms with Crippen molar-refractivity contribution in [2.45, 2.75) is 2.14 Å². The number of nitrogens with zero attached hydrogens (tertiary/aromatic N) is 1. The lowest BCUT2D eigenvalue weighted by atomic mass is 10.1. The predicted octanol–water partition coefficient (Wildman–Crippen LogP) is 4.08. The number of benzene rings is 1. The quantitative estimate of drug-likeness (QED) is 0.290. The van der Waals surface area contributed by atoms with Gasteiger partial charge in [0.05, 0.1) is 9.40 Å². The van der Waals surface area contributed by atoms with E-state index in [2.05, 4.69) is 63.7 Å². The smallest absolute Gasteiger partial charge is 0.312 e. The van der Waals surface area contributed by atoms with E-state index in [-0.39, 0.29) is 10.0 Å². The zero-order valence-corrected chi connectivity index (χ0v) is 14.1.